The van der Waals surface area contributed by atoms with Crippen molar-refractivity contribution in [3.63, 3.8) is 0 Å². The van der Waals surface area contributed by atoms with Gasteiger partial charge in [0.15, 0.2) is 0 Å². The Hall–Kier alpha value is -0.170. The molecule has 0 aliphatic rings. The Bertz CT molecular complexity index is 172. The van der Waals surface area contributed by atoms with Gasteiger partial charge in [-0.3, -0.25) is 4.18 Å². The third kappa shape index (κ3) is 3.78. The van der Waals surface area contributed by atoms with Gasteiger partial charge in [0.05, 0.1) is 19.8 Å². The van der Waals surface area contributed by atoms with Crippen molar-refractivity contribution in [3.05, 3.63) is 0 Å². The highest BCUT2D eigenvalue weighted by Gasteiger charge is 2.14. The molecule has 0 heterocycles. The van der Waals surface area contributed by atoms with Crippen molar-refractivity contribution in [1.82, 2.24) is 0 Å². The standard InChI is InChI=1S/C4H10O5S/c1-9-10(7,8)3-4(6)2-5/h4-6H,2-3H2,1H3. The lowest BCUT2D eigenvalue weighted by atomic mass is 10.4. The number of aliphatic hydroxyl groups excluding tert-OH is 2. The monoisotopic (exact) mass is 170 g/mol. The highest BCUT2D eigenvalue weighted by atomic mass is 32.2. The lowest BCUT2D eigenvalue weighted by Crippen LogP contribution is -2.24. The molecule has 0 aliphatic carbocycles. The molecule has 0 aromatic heterocycles. The van der Waals surface area contributed by atoms with Crippen LogP contribution in [0.15, 0.2) is 0 Å². The van der Waals surface area contributed by atoms with Crippen LogP contribution in [0.25, 0.3) is 0 Å². The minimum atomic E-state index is -3.64. The Kier molecular flexibility index (Phi) is 3.80. The van der Waals surface area contributed by atoms with Gasteiger partial charge in [0.25, 0.3) is 10.1 Å². The van der Waals surface area contributed by atoms with Crippen molar-refractivity contribution in [1.29, 1.82) is 0 Å². The summed E-state index contributed by atoms with van der Waals surface area (Å²) >= 11 is 0. The molecule has 0 fully saturated rings. The van der Waals surface area contributed by atoms with Crippen LogP contribution in [0.1, 0.15) is 0 Å². The van der Waals surface area contributed by atoms with E-state index in [4.69, 9.17) is 10.2 Å². The second-order valence-corrected chi connectivity index (χ2v) is 3.51. The van der Waals surface area contributed by atoms with Crippen LogP contribution in [0.5, 0.6) is 0 Å². The maximum atomic E-state index is 10.5. The average molecular weight is 170 g/mol. The van der Waals surface area contributed by atoms with E-state index in [9.17, 15) is 8.42 Å². The Balaban J connectivity index is 3.90. The van der Waals surface area contributed by atoms with Gasteiger partial charge in [-0.2, -0.15) is 8.42 Å². The third-order valence-electron chi connectivity index (χ3n) is 0.861. The van der Waals surface area contributed by atoms with E-state index in [1.165, 1.54) is 0 Å². The van der Waals surface area contributed by atoms with Crippen molar-refractivity contribution in [2.24, 2.45) is 0 Å². The molecule has 6 heteroatoms. The van der Waals surface area contributed by atoms with Crippen molar-refractivity contribution >= 4 is 10.1 Å². The van der Waals surface area contributed by atoms with Gasteiger partial charge >= 0.3 is 0 Å². The normalized spacial score (nSPS) is 15.1. The molecule has 1 atom stereocenters. The first-order valence-electron chi connectivity index (χ1n) is 2.59. The summed E-state index contributed by atoms with van der Waals surface area (Å²) in [5.41, 5.74) is 0. The number of aliphatic hydroxyl groups is 2. The molecule has 2 N–H and O–H groups in total. The van der Waals surface area contributed by atoms with Crippen molar-refractivity contribution in [2.75, 3.05) is 19.5 Å². The average Bonchev–Trinajstić information content (AvgIpc) is 1.87. The molecule has 0 saturated heterocycles. The molecule has 0 bridgehead atoms. The highest BCUT2D eigenvalue weighted by Crippen LogP contribution is 1.93. The van der Waals surface area contributed by atoms with Crippen LogP contribution in [0.4, 0.5) is 0 Å². The van der Waals surface area contributed by atoms with Gasteiger partial charge < -0.3 is 10.2 Å². The van der Waals surface area contributed by atoms with Crippen molar-refractivity contribution in [3.8, 4) is 0 Å². The molecule has 62 valence electrons. The second kappa shape index (κ2) is 3.87. The van der Waals surface area contributed by atoms with E-state index in [0.717, 1.165) is 7.11 Å². The summed E-state index contributed by atoms with van der Waals surface area (Å²) in [7, 11) is -2.64. The van der Waals surface area contributed by atoms with Crippen LogP contribution in [-0.2, 0) is 14.3 Å². The van der Waals surface area contributed by atoms with Crippen LogP contribution in [-0.4, -0.2) is 44.2 Å². The maximum absolute atomic E-state index is 10.5. The predicted octanol–water partition coefficient (Wildman–Crippen LogP) is -1.68. The van der Waals surface area contributed by atoms with E-state index >= 15 is 0 Å². The van der Waals surface area contributed by atoms with E-state index < -0.39 is 28.6 Å². The van der Waals surface area contributed by atoms with Crippen LogP contribution < -0.4 is 0 Å². The molecule has 1 unspecified atom stereocenters. The number of hydrogen-bond acceptors (Lipinski definition) is 5. The summed E-state index contributed by atoms with van der Waals surface area (Å²) in [6.45, 7) is -0.581. The minimum Gasteiger partial charge on any atom is -0.394 e. The van der Waals surface area contributed by atoms with Crippen LogP contribution in [0.2, 0.25) is 0 Å². The third-order valence-corrected chi connectivity index (χ3v) is 2.16. The van der Waals surface area contributed by atoms with Crippen molar-refractivity contribution < 1.29 is 22.8 Å². The zero-order valence-corrected chi connectivity index (χ0v) is 6.34. The zero-order valence-electron chi connectivity index (χ0n) is 5.52. The van der Waals surface area contributed by atoms with E-state index in [1.54, 1.807) is 0 Å². The highest BCUT2D eigenvalue weighted by molar-refractivity contribution is 7.86. The van der Waals surface area contributed by atoms with Gasteiger partial charge in [-0.25, -0.2) is 0 Å². The van der Waals surface area contributed by atoms with Gasteiger partial charge in [0.2, 0.25) is 0 Å². The number of rotatable bonds is 4. The quantitative estimate of drug-likeness (QED) is 0.492. The molecule has 0 aromatic carbocycles. The van der Waals surface area contributed by atoms with E-state index in [2.05, 4.69) is 4.18 Å². The predicted molar refractivity (Wildman–Crippen MR) is 33.9 cm³/mol. The summed E-state index contributed by atoms with van der Waals surface area (Å²) in [6.07, 6.45) is -1.26. The minimum absolute atomic E-state index is 0.569. The molecular weight excluding hydrogens is 160 g/mol. The molecule has 0 aromatic rings. The smallest absolute Gasteiger partial charge is 0.269 e. The zero-order chi connectivity index (χ0) is 8.20. The molecule has 5 nitrogen and oxygen atoms in total. The Morgan fingerprint density at radius 2 is 2.10 bits per heavy atom. The SMILES string of the molecule is COS(=O)(=O)CC(O)CO. The Labute approximate surface area is 59.4 Å². The largest absolute Gasteiger partial charge is 0.394 e. The van der Waals surface area contributed by atoms with Crippen LogP contribution in [0.3, 0.4) is 0 Å². The summed E-state index contributed by atoms with van der Waals surface area (Å²) < 4.78 is 25.0. The molecule has 0 rings (SSSR count). The summed E-state index contributed by atoms with van der Waals surface area (Å²) in [5.74, 6) is -0.569. The van der Waals surface area contributed by atoms with E-state index in [1.807, 2.05) is 0 Å². The van der Waals surface area contributed by atoms with Gasteiger partial charge in [0.1, 0.15) is 5.75 Å². The molecule has 0 spiro atoms. The van der Waals surface area contributed by atoms with E-state index in [0.29, 0.717) is 0 Å². The first-order valence-corrected chi connectivity index (χ1v) is 4.17. The molecule has 0 aliphatic heterocycles. The van der Waals surface area contributed by atoms with Crippen LogP contribution in [0, 0.1) is 0 Å². The first kappa shape index (κ1) is 9.83. The fourth-order valence-corrected chi connectivity index (χ4v) is 1.07. The summed E-state index contributed by atoms with van der Waals surface area (Å²) in [5, 5.41) is 16.8. The lowest BCUT2D eigenvalue weighted by Gasteiger charge is -2.04. The maximum Gasteiger partial charge on any atom is 0.269 e. The molecular formula is C4H10O5S. The fourth-order valence-electron chi connectivity index (χ4n) is 0.356. The van der Waals surface area contributed by atoms with Gasteiger partial charge in [0, 0.05) is 0 Å². The van der Waals surface area contributed by atoms with Crippen LogP contribution >= 0.6 is 0 Å². The lowest BCUT2D eigenvalue weighted by molar-refractivity contribution is 0.110. The van der Waals surface area contributed by atoms with Gasteiger partial charge in [-0.1, -0.05) is 0 Å². The Morgan fingerprint density at radius 1 is 1.60 bits per heavy atom. The topological polar surface area (TPSA) is 83.8 Å². The number of hydrogen-bond donors (Lipinski definition) is 2. The van der Waals surface area contributed by atoms with Crippen molar-refractivity contribution in [2.45, 2.75) is 6.10 Å². The van der Waals surface area contributed by atoms with E-state index in [-0.39, 0.29) is 0 Å². The first-order chi connectivity index (χ1) is 4.52. The second-order valence-electron chi connectivity index (χ2n) is 1.73. The molecule has 10 heavy (non-hydrogen) atoms. The summed E-state index contributed by atoms with van der Waals surface area (Å²) in [6, 6.07) is 0. The summed E-state index contributed by atoms with van der Waals surface area (Å²) in [4.78, 5) is 0. The molecule has 0 amide bonds. The van der Waals surface area contributed by atoms with Gasteiger partial charge in [-0.05, 0) is 0 Å². The molecule has 0 radical (unpaired) electrons. The van der Waals surface area contributed by atoms with Gasteiger partial charge in [-0.15, -0.1) is 0 Å². The Morgan fingerprint density at radius 3 is 2.40 bits per heavy atom. The fraction of sp³-hybridized carbons (Fsp3) is 1.00. The molecule has 0 saturated carbocycles.